The van der Waals surface area contributed by atoms with E-state index < -0.39 is 15.8 Å². The molecule has 7 heteroatoms. The van der Waals surface area contributed by atoms with Crippen molar-refractivity contribution in [3.63, 3.8) is 0 Å². The lowest BCUT2D eigenvalue weighted by atomic mass is 10.00. The fourth-order valence-corrected chi connectivity index (χ4v) is 4.98. The largest absolute Gasteiger partial charge is 0.329 e. The molecule has 2 N–H and O–H groups in total. The SMILES string of the molecule is CC1CCCC(CN)N1S(=O)(=O)c1ccc(Br)cc1F. The fraction of sp³-hybridized carbons (Fsp3) is 0.538. The average molecular weight is 365 g/mol. The van der Waals surface area contributed by atoms with Gasteiger partial charge in [-0.05, 0) is 38.0 Å². The van der Waals surface area contributed by atoms with Crippen LogP contribution in [0.4, 0.5) is 4.39 Å². The minimum Gasteiger partial charge on any atom is -0.329 e. The van der Waals surface area contributed by atoms with Crippen molar-refractivity contribution in [1.82, 2.24) is 4.31 Å². The molecule has 0 amide bonds. The van der Waals surface area contributed by atoms with E-state index in [1.54, 1.807) is 0 Å². The third kappa shape index (κ3) is 2.90. The van der Waals surface area contributed by atoms with Gasteiger partial charge in [0.15, 0.2) is 0 Å². The van der Waals surface area contributed by atoms with Gasteiger partial charge in [0, 0.05) is 23.1 Å². The van der Waals surface area contributed by atoms with Crippen LogP contribution in [0.1, 0.15) is 26.2 Å². The molecule has 2 unspecified atom stereocenters. The quantitative estimate of drug-likeness (QED) is 0.895. The van der Waals surface area contributed by atoms with E-state index >= 15 is 0 Å². The Labute approximate surface area is 127 Å². The van der Waals surface area contributed by atoms with E-state index in [1.165, 1.54) is 22.5 Å². The molecule has 0 bridgehead atoms. The maximum atomic E-state index is 14.0. The lowest BCUT2D eigenvalue weighted by Crippen LogP contribution is -2.51. The van der Waals surface area contributed by atoms with E-state index in [9.17, 15) is 12.8 Å². The maximum absolute atomic E-state index is 14.0. The molecule has 1 aliphatic rings. The van der Waals surface area contributed by atoms with Crippen LogP contribution in [-0.2, 0) is 10.0 Å². The molecule has 0 saturated carbocycles. The first-order valence-electron chi connectivity index (χ1n) is 6.56. The van der Waals surface area contributed by atoms with Crippen molar-refractivity contribution < 1.29 is 12.8 Å². The zero-order valence-corrected chi connectivity index (χ0v) is 13.6. The molecule has 1 fully saturated rings. The number of rotatable bonds is 3. The highest BCUT2D eigenvalue weighted by Crippen LogP contribution is 2.31. The van der Waals surface area contributed by atoms with Crippen LogP contribution in [0.15, 0.2) is 27.6 Å². The lowest BCUT2D eigenvalue weighted by molar-refractivity contribution is 0.195. The van der Waals surface area contributed by atoms with Crippen molar-refractivity contribution in [3.05, 3.63) is 28.5 Å². The monoisotopic (exact) mass is 364 g/mol. The molecular weight excluding hydrogens is 347 g/mol. The van der Waals surface area contributed by atoms with Crippen LogP contribution < -0.4 is 5.73 Å². The van der Waals surface area contributed by atoms with Crippen molar-refractivity contribution >= 4 is 26.0 Å². The summed E-state index contributed by atoms with van der Waals surface area (Å²) in [5.74, 6) is -0.743. The zero-order valence-electron chi connectivity index (χ0n) is 11.2. The summed E-state index contributed by atoms with van der Waals surface area (Å²) in [7, 11) is -3.86. The van der Waals surface area contributed by atoms with Gasteiger partial charge in [0.1, 0.15) is 10.7 Å². The standard InChI is InChI=1S/C13H18BrFN2O2S/c1-9-3-2-4-11(8-16)17(9)20(18,19)13-6-5-10(14)7-12(13)15/h5-7,9,11H,2-4,8,16H2,1H3. The Hall–Kier alpha value is -0.500. The molecule has 0 aromatic heterocycles. The lowest BCUT2D eigenvalue weighted by Gasteiger charge is -2.39. The third-order valence-electron chi connectivity index (χ3n) is 3.68. The van der Waals surface area contributed by atoms with Crippen LogP contribution in [0.2, 0.25) is 0 Å². The number of nitrogens with two attached hydrogens (primary N) is 1. The van der Waals surface area contributed by atoms with Crippen LogP contribution in [-0.4, -0.2) is 31.4 Å². The molecule has 4 nitrogen and oxygen atoms in total. The second-order valence-corrected chi connectivity index (χ2v) is 7.81. The second-order valence-electron chi connectivity index (χ2n) is 5.08. The molecule has 1 saturated heterocycles. The number of piperidine rings is 1. The predicted molar refractivity (Wildman–Crippen MR) is 79.3 cm³/mol. The van der Waals surface area contributed by atoms with Crippen molar-refractivity contribution in [1.29, 1.82) is 0 Å². The van der Waals surface area contributed by atoms with Crippen LogP contribution in [0.3, 0.4) is 0 Å². The molecule has 2 rings (SSSR count). The summed E-state index contributed by atoms with van der Waals surface area (Å²) in [5, 5.41) is 0. The van der Waals surface area contributed by atoms with Gasteiger partial charge in [0.25, 0.3) is 0 Å². The molecule has 1 aliphatic heterocycles. The molecule has 0 aliphatic carbocycles. The Morgan fingerprint density at radius 3 is 2.75 bits per heavy atom. The van der Waals surface area contributed by atoms with Gasteiger partial charge < -0.3 is 5.73 Å². The molecule has 0 spiro atoms. The van der Waals surface area contributed by atoms with E-state index in [0.29, 0.717) is 4.47 Å². The molecule has 1 heterocycles. The van der Waals surface area contributed by atoms with Crippen molar-refractivity contribution in [2.75, 3.05) is 6.54 Å². The molecule has 20 heavy (non-hydrogen) atoms. The Balaban J connectivity index is 2.47. The number of halogens is 2. The summed E-state index contributed by atoms with van der Waals surface area (Å²) in [6.45, 7) is 2.10. The van der Waals surface area contributed by atoms with E-state index in [4.69, 9.17) is 5.73 Å². The minimum atomic E-state index is -3.86. The normalized spacial score (nSPS) is 24.8. The highest BCUT2D eigenvalue weighted by atomic mass is 79.9. The molecule has 1 aromatic carbocycles. The van der Waals surface area contributed by atoms with Gasteiger partial charge in [0.2, 0.25) is 10.0 Å². The Kier molecular flexibility index (Phi) is 4.84. The molecule has 1 aromatic rings. The van der Waals surface area contributed by atoms with E-state index in [-0.39, 0.29) is 23.5 Å². The van der Waals surface area contributed by atoms with Gasteiger partial charge in [-0.15, -0.1) is 0 Å². The second kappa shape index (κ2) is 6.09. The van der Waals surface area contributed by atoms with Crippen LogP contribution in [0.25, 0.3) is 0 Å². The first kappa shape index (κ1) is 15.9. The number of nitrogens with zero attached hydrogens (tertiary/aromatic N) is 1. The Morgan fingerprint density at radius 1 is 1.45 bits per heavy atom. The Bertz CT molecular complexity index is 594. The summed E-state index contributed by atoms with van der Waals surface area (Å²) < 4.78 is 41.3. The summed E-state index contributed by atoms with van der Waals surface area (Å²) in [5.41, 5.74) is 5.69. The number of sulfonamides is 1. The summed E-state index contributed by atoms with van der Waals surface area (Å²) in [4.78, 5) is -0.284. The van der Waals surface area contributed by atoms with Crippen LogP contribution in [0.5, 0.6) is 0 Å². The number of hydrogen-bond acceptors (Lipinski definition) is 3. The average Bonchev–Trinajstić information content (AvgIpc) is 2.37. The minimum absolute atomic E-state index is 0.162. The van der Waals surface area contributed by atoms with Gasteiger partial charge in [-0.1, -0.05) is 22.4 Å². The molecule has 0 radical (unpaired) electrons. The van der Waals surface area contributed by atoms with E-state index in [0.717, 1.165) is 19.3 Å². The van der Waals surface area contributed by atoms with Gasteiger partial charge in [0.05, 0.1) is 0 Å². The van der Waals surface area contributed by atoms with Crippen molar-refractivity contribution in [2.45, 2.75) is 43.2 Å². The summed E-state index contributed by atoms with van der Waals surface area (Å²) in [6, 6.07) is 3.57. The van der Waals surface area contributed by atoms with Gasteiger partial charge in [-0.25, -0.2) is 12.8 Å². The van der Waals surface area contributed by atoms with Crippen LogP contribution >= 0.6 is 15.9 Å². The van der Waals surface area contributed by atoms with Crippen molar-refractivity contribution in [3.8, 4) is 0 Å². The first-order chi connectivity index (χ1) is 9.37. The Morgan fingerprint density at radius 2 is 2.15 bits per heavy atom. The van der Waals surface area contributed by atoms with E-state index in [1.807, 2.05) is 6.92 Å². The number of hydrogen-bond donors (Lipinski definition) is 1. The highest BCUT2D eigenvalue weighted by molar-refractivity contribution is 9.10. The smallest absolute Gasteiger partial charge is 0.246 e. The zero-order chi connectivity index (χ0) is 14.9. The summed E-state index contributed by atoms with van der Waals surface area (Å²) >= 11 is 3.13. The predicted octanol–water partition coefficient (Wildman–Crippen LogP) is 2.48. The molecule has 2 atom stereocenters. The van der Waals surface area contributed by atoms with Crippen molar-refractivity contribution in [2.24, 2.45) is 5.73 Å². The highest BCUT2D eigenvalue weighted by Gasteiger charge is 2.38. The molecule has 112 valence electrons. The van der Waals surface area contributed by atoms with Gasteiger partial charge >= 0.3 is 0 Å². The summed E-state index contributed by atoms with van der Waals surface area (Å²) in [6.07, 6.45) is 2.43. The van der Waals surface area contributed by atoms with Gasteiger partial charge in [-0.3, -0.25) is 0 Å². The fourth-order valence-electron chi connectivity index (χ4n) is 2.72. The van der Waals surface area contributed by atoms with Gasteiger partial charge in [-0.2, -0.15) is 4.31 Å². The topological polar surface area (TPSA) is 63.4 Å². The third-order valence-corrected chi connectivity index (χ3v) is 6.27. The number of benzene rings is 1. The maximum Gasteiger partial charge on any atom is 0.246 e. The molecular formula is C13H18BrFN2O2S. The van der Waals surface area contributed by atoms with Crippen LogP contribution in [0, 0.1) is 5.82 Å². The first-order valence-corrected chi connectivity index (χ1v) is 8.80. The van der Waals surface area contributed by atoms with E-state index in [2.05, 4.69) is 15.9 Å².